The van der Waals surface area contributed by atoms with Gasteiger partial charge in [-0.05, 0) is 53.4 Å². The molecule has 2 amide bonds. The lowest BCUT2D eigenvalue weighted by atomic mass is 10.1. The molecule has 1 saturated heterocycles. The SMILES string of the molecule is C[C@H](CCc1ncc(F)cc1N1CC2(CC2)C(=O)N1c1ccn2ncc(C(=O)O)c2n1)NC(=O)OC(C)(C)C. The van der Waals surface area contributed by atoms with E-state index in [1.165, 1.54) is 28.0 Å². The maximum atomic E-state index is 14.5. The lowest BCUT2D eigenvalue weighted by molar-refractivity contribution is -0.121. The Kier molecular flexibility index (Phi) is 6.39. The van der Waals surface area contributed by atoms with Gasteiger partial charge in [0.25, 0.3) is 5.91 Å². The number of nitrogens with zero attached hydrogens (tertiary/aromatic N) is 6. The first kappa shape index (κ1) is 26.3. The molecular weight excluding hydrogens is 509 g/mol. The number of hydrogen-bond acceptors (Lipinski definition) is 8. The standard InChI is InChI=1S/C26H30FN7O5/c1-15(30-24(38)39-25(2,3)4)5-6-18-19(11-16(27)12-28-18)33-14-26(8-9-26)23(37)34(33)20-7-10-32-21(31-20)17(13-29-32)22(35)36/h7,10-13,15H,5-6,8-9,14H2,1-4H3,(H,30,38)(H,35,36)/t15-/m1/s1. The second-order valence-corrected chi connectivity index (χ2v) is 11.1. The summed E-state index contributed by atoms with van der Waals surface area (Å²) in [6.07, 6.45) is 5.55. The number of alkyl carbamates (subject to hydrolysis) is 1. The number of carboxylic acids is 1. The fourth-order valence-electron chi connectivity index (χ4n) is 4.64. The Balaban J connectivity index is 1.44. The number of carbonyl (C=O) groups is 3. The van der Waals surface area contributed by atoms with E-state index in [4.69, 9.17) is 4.74 Å². The molecule has 13 heteroatoms. The Morgan fingerprint density at radius 1 is 1.28 bits per heavy atom. The summed E-state index contributed by atoms with van der Waals surface area (Å²) in [6, 6.07) is 2.64. The Morgan fingerprint density at radius 2 is 2.03 bits per heavy atom. The fourth-order valence-corrected chi connectivity index (χ4v) is 4.64. The highest BCUT2D eigenvalue weighted by molar-refractivity contribution is 6.04. The highest BCUT2D eigenvalue weighted by atomic mass is 19.1. The second kappa shape index (κ2) is 9.47. The molecule has 0 aromatic carbocycles. The summed E-state index contributed by atoms with van der Waals surface area (Å²) in [5, 5.41) is 19.4. The summed E-state index contributed by atoms with van der Waals surface area (Å²) in [4.78, 5) is 46.2. The molecule has 1 aliphatic heterocycles. The van der Waals surface area contributed by atoms with Crippen LogP contribution in [-0.4, -0.2) is 60.8 Å². The molecule has 12 nitrogen and oxygen atoms in total. The number of carboxylic acid groups (broad SMARTS) is 1. The molecule has 1 aliphatic carbocycles. The molecule has 2 aliphatic rings. The van der Waals surface area contributed by atoms with Gasteiger partial charge in [0.15, 0.2) is 11.5 Å². The molecular formula is C26H30FN7O5. The zero-order chi connectivity index (χ0) is 28.1. The predicted molar refractivity (Wildman–Crippen MR) is 138 cm³/mol. The first-order valence-electron chi connectivity index (χ1n) is 12.7. The van der Waals surface area contributed by atoms with Gasteiger partial charge in [0, 0.05) is 24.4 Å². The van der Waals surface area contributed by atoms with E-state index in [1.807, 2.05) is 6.92 Å². The third kappa shape index (κ3) is 5.20. The van der Waals surface area contributed by atoms with Gasteiger partial charge in [0.1, 0.15) is 17.0 Å². The van der Waals surface area contributed by atoms with E-state index in [-0.39, 0.29) is 29.0 Å². The number of aromatic nitrogens is 4. The minimum atomic E-state index is -1.19. The number of ether oxygens (including phenoxy) is 1. The van der Waals surface area contributed by atoms with Gasteiger partial charge in [-0.15, -0.1) is 0 Å². The maximum Gasteiger partial charge on any atom is 0.407 e. The van der Waals surface area contributed by atoms with E-state index in [0.717, 1.165) is 6.20 Å². The Hall–Kier alpha value is -4.29. The third-order valence-corrected chi connectivity index (χ3v) is 6.76. The number of halogens is 1. The van der Waals surface area contributed by atoms with Gasteiger partial charge in [-0.3, -0.25) is 14.8 Å². The monoisotopic (exact) mass is 539 g/mol. The second-order valence-electron chi connectivity index (χ2n) is 11.1. The molecule has 4 heterocycles. The van der Waals surface area contributed by atoms with Gasteiger partial charge < -0.3 is 15.2 Å². The van der Waals surface area contributed by atoms with Crippen LogP contribution in [0.2, 0.25) is 0 Å². The average molecular weight is 540 g/mol. The summed E-state index contributed by atoms with van der Waals surface area (Å²) in [6.45, 7) is 7.49. The van der Waals surface area contributed by atoms with Crippen molar-refractivity contribution in [3.05, 3.63) is 47.8 Å². The van der Waals surface area contributed by atoms with Gasteiger partial charge in [-0.2, -0.15) is 5.10 Å². The number of fused-ring (bicyclic) bond motifs is 1. The van der Waals surface area contributed by atoms with E-state index >= 15 is 0 Å². The van der Waals surface area contributed by atoms with Crippen LogP contribution in [-0.2, 0) is 16.0 Å². The topological polar surface area (TPSA) is 142 Å². The highest BCUT2D eigenvalue weighted by Gasteiger charge is 2.60. The van der Waals surface area contributed by atoms with Gasteiger partial charge in [0.2, 0.25) is 0 Å². The Morgan fingerprint density at radius 3 is 2.69 bits per heavy atom. The van der Waals surface area contributed by atoms with Gasteiger partial charge in [0.05, 0.1) is 35.7 Å². The summed E-state index contributed by atoms with van der Waals surface area (Å²) in [5.74, 6) is -1.74. The van der Waals surface area contributed by atoms with Crippen LogP contribution < -0.4 is 15.3 Å². The molecule has 0 unspecified atom stereocenters. The first-order chi connectivity index (χ1) is 18.4. The van der Waals surface area contributed by atoms with Crippen LogP contribution in [0.4, 0.5) is 20.7 Å². The quantitative estimate of drug-likeness (QED) is 0.462. The van der Waals surface area contributed by atoms with Crippen LogP contribution in [0.1, 0.15) is 63.0 Å². The number of amides is 2. The predicted octanol–water partition coefficient (Wildman–Crippen LogP) is 3.36. The summed E-state index contributed by atoms with van der Waals surface area (Å²) >= 11 is 0. The number of carbonyl (C=O) groups excluding carboxylic acids is 2. The zero-order valence-corrected chi connectivity index (χ0v) is 22.1. The average Bonchev–Trinajstić information content (AvgIpc) is 3.41. The Labute approximate surface area is 223 Å². The van der Waals surface area contributed by atoms with Crippen LogP contribution in [0.15, 0.2) is 30.7 Å². The largest absolute Gasteiger partial charge is 0.477 e. The van der Waals surface area contributed by atoms with Gasteiger partial charge in [-0.1, -0.05) is 0 Å². The van der Waals surface area contributed by atoms with Crippen molar-refractivity contribution in [2.24, 2.45) is 5.41 Å². The van der Waals surface area contributed by atoms with Crippen molar-refractivity contribution in [3.8, 4) is 0 Å². The van der Waals surface area contributed by atoms with E-state index < -0.39 is 28.9 Å². The first-order valence-corrected chi connectivity index (χ1v) is 12.7. The third-order valence-electron chi connectivity index (χ3n) is 6.76. The van der Waals surface area contributed by atoms with E-state index in [9.17, 15) is 23.9 Å². The summed E-state index contributed by atoms with van der Waals surface area (Å²) < 4.78 is 21.1. The molecule has 0 radical (unpaired) electrons. The molecule has 206 valence electrons. The molecule has 2 fully saturated rings. The van der Waals surface area contributed by atoms with Gasteiger partial charge in [-0.25, -0.2) is 28.5 Å². The van der Waals surface area contributed by atoms with Crippen molar-refractivity contribution in [2.45, 2.75) is 65.0 Å². The van der Waals surface area contributed by atoms with Crippen molar-refractivity contribution in [1.29, 1.82) is 0 Å². The molecule has 2 N–H and O–H groups in total. The van der Waals surface area contributed by atoms with Crippen LogP contribution in [0.25, 0.3) is 5.65 Å². The number of nitrogens with one attached hydrogen (secondary N) is 1. The van der Waals surface area contributed by atoms with Crippen molar-refractivity contribution < 1.29 is 28.6 Å². The van der Waals surface area contributed by atoms with Crippen molar-refractivity contribution in [1.82, 2.24) is 24.9 Å². The normalized spacial score (nSPS) is 17.1. The molecule has 1 atom stereocenters. The summed E-state index contributed by atoms with van der Waals surface area (Å²) in [7, 11) is 0. The number of aryl methyl sites for hydroxylation is 1. The van der Waals surface area contributed by atoms with E-state index in [2.05, 4.69) is 20.4 Å². The van der Waals surface area contributed by atoms with Crippen molar-refractivity contribution in [3.63, 3.8) is 0 Å². The fraction of sp³-hybridized carbons (Fsp3) is 0.462. The maximum absolute atomic E-state index is 14.5. The number of aromatic carboxylic acids is 1. The lowest BCUT2D eigenvalue weighted by Gasteiger charge is -2.30. The number of hydrazine groups is 1. The molecule has 1 spiro atoms. The molecule has 1 saturated carbocycles. The number of anilines is 2. The molecule has 3 aromatic heterocycles. The Bertz CT molecular complexity index is 1460. The number of rotatable bonds is 7. The van der Waals surface area contributed by atoms with Crippen LogP contribution in [0.3, 0.4) is 0 Å². The van der Waals surface area contributed by atoms with Crippen LogP contribution >= 0.6 is 0 Å². The molecule has 39 heavy (non-hydrogen) atoms. The van der Waals surface area contributed by atoms with Crippen LogP contribution in [0, 0.1) is 11.2 Å². The molecule has 0 bridgehead atoms. The highest BCUT2D eigenvalue weighted by Crippen LogP contribution is 2.53. The van der Waals surface area contributed by atoms with E-state index in [1.54, 1.807) is 31.8 Å². The van der Waals surface area contributed by atoms with Crippen molar-refractivity contribution in [2.75, 3.05) is 16.6 Å². The summed E-state index contributed by atoms with van der Waals surface area (Å²) in [5.41, 5.74) is -0.301. The zero-order valence-electron chi connectivity index (χ0n) is 22.1. The van der Waals surface area contributed by atoms with Crippen LogP contribution in [0.5, 0.6) is 0 Å². The minimum absolute atomic E-state index is 0.0872. The number of hydrogen-bond donors (Lipinski definition) is 2. The lowest BCUT2D eigenvalue weighted by Crippen LogP contribution is -2.41. The molecule has 3 aromatic rings. The molecule has 5 rings (SSSR count). The minimum Gasteiger partial charge on any atom is -0.477 e. The van der Waals surface area contributed by atoms with E-state index in [0.29, 0.717) is 43.6 Å². The smallest absolute Gasteiger partial charge is 0.407 e. The van der Waals surface area contributed by atoms with Gasteiger partial charge >= 0.3 is 12.1 Å². The number of pyridine rings is 1. The van der Waals surface area contributed by atoms with Crippen molar-refractivity contribution >= 4 is 35.1 Å².